The molecule has 0 N–H and O–H groups in total. The molecular weight excluding hydrogens is 560 g/mol. The molecule has 2 heterocycles. The number of fused-ring (bicyclic) bond motifs is 9. The van der Waals surface area contributed by atoms with E-state index >= 15 is 0 Å². The van der Waals surface area contributed by atoms with Gasteiger partial charge in [-0.05, 0) is 62.6 Å². The van der Waals surface area contributed by atoms with Crippen molar-refractivity contribution in [1.82, 2.24) is 19.5 Å². The second kappa shape index (κ2) is 9.73. The van der Waals surface area contributed by atoms with Crippen molar-refractivity contribution in [3.63, 3.8) is 0 Å². The highest BCUT2D eigenvalue weighted by molar-refractivity contribution is 6.30. The molecule has 9 aromatic rings. The third-order valence-corrected chi connectivity index (χ3v) is 8.72. The smallest absolute Gasteiger partial charge is 0.238 e. The Bertz CT molecular complexity index is 2500. The van der Waals surface area contributed by atoms with Gasteiger partial charge in [-0.15, -0.1) is 0 Å². The van der Waals surface area contributed by atoms with Crippen LogP contribution in [-0.4, -0.2) is 19.5 Å². The van der Waals surface area contributed by atoms with Gasteiger partial charge in [0.15, 0.2) is 11.6 Å². The number of hydrogen-bond acceptors (Lipinski definition) is 3. The number of rotatable bonds is 3. The molecule has 206 valence electrons. The first-order valence-corrected chi connectivity index (χ1v) is 14.9. The van der Waals surface area contributed by atoms with Gasteiger partial charge in [-0.1, -0.05) is 121 Å². The lowest BCUT2D eigenvalue weighted by Gasteiger charge is -2.13. The minimum absolute atomic E-state index is 0.561. The highest BCUT2D eigenvalue weighted by Crippen LogP contribution is 2.37. The first kappa shape index (κ1) is 25.0. The highest BCUT2D eigenvalue weighted by atomic mass is 35.5. The molecule has 0 atom stereocenters. The molecule has 44 heavy (non-hydrogen) atoms. The van der Waals surface area contributed by atoms with Crippen LogP contribution in [0.15, 0.2) is 140 Å². The van der Waals surface area contributed by atoms with Crippen molar-refractivity contribution in [2.24, 2.45) is 0 Å². The van der Waals surface area contributed by atoms with Crippen LogP contribution in [0.4, 0.5) is 0 Å². The Morgan fingerprint density at radius 3 is 1.43 bits per heavy atom. The van der Waals surface area contributed by atoms with E-state index in [2.05, 4.69) is 120 Å². The number of halogens is 1. The standard InChI is InChI=1S/C39H23ClN4/c40-26-11-9-10-24(22-26)37-41-38(43-39(42-37)44-35-18-7-5-16-32(35)33-17-6-8-19-36(33)44)25-20-21-31-29-14-2-1-12-27(29)28-13-3-4-15-30(28)34(31)23-25/h1-23H. The fourth-order valence-electron chi connectivity index (χ4n) is 6.54. The highest BCUT2D eigenvalue weighted by Gasteiger charge is 2.18. The first-order chi connectivity index (χ1) is 21.7. The maximum atomic E-state index is 6.44. The summed E-state index contributed by atoms with van der Waals surface area (Å²) in [6, 6.07) is 48.2. The van der Waals surface area contributed by atoms with Crippen LogP contribution in [0.25, 0.3) is 82.8 Å². The maximum absolute atomic E-state index is 6.44. The van der Waals surface area contributed by atoms with Gasteiger partial charge in [-0.25, -0.2) is 4.98 Å². The van der Waals surface area contributed by atoms with E-state index in [0.29, 0.717) is 22.6 Å². The predicted molar refractivity (Wildman–Crippen MR) is 183 cm³/mol. The van der Waals surface area contributed by atoms with E-state index in [-0.39, 0.29) is 0 Å². The molecule has 0 unspecified atom stereocenters. The molecule has 0 saturated carbocycles. The predicted octanol–water partition coefficient (Wildman–Crippen LogP) is 10.4. The summed E-state index contributed by atoms with van der Waals surface area (Å²) in [7, 11) is 0. The van der Waals surface area contributed by atoms with Crippen molar-refractivity contribution in [3.8, 4) is 28.7 Å². The molecule has 0 aliphatic heterocycles. The Hall–Kier alpha value is -5.58. The summed E-state index contributed by atoms with van der Waals surface area (Å²) < 4.78 is 2.13. The number of aromatic nitrogens is 4. The summed E-state index contributed by atoms with van der Waals surface area (Å²) in [6.07, 6.45) is 0. The third kappa shape index (κ3) is 3.82. The average Bonchev–Trinajstić information content (AvgIpc) is 3.42. The number of benzene rings is 7. The second-order valence-corrected chi connectivity index (χ2v) is 11.5. The minimum atomic E-state index is 0.561. The Balaban J connectivity index is 1.36. The van der Waals surface area contributed by atoms with E-state index in [9.17, 15) is 0 Å². The molecule has 0 aliphatic carbocycles. The van der Waals surface area contributed by atoms with Gasteiger partial charge in [0.05, 0.1) is 11.0 Å². The van der Waals surface area contributed by atoms with Crippen molar-refractivity contribution in [3.05, 3.63) is 145 Å². The van der Waals surface area contributed by atoms with Crippen molar-refractivity contribution in [2.45, 2.75) is 0 Å². The Morgan fingerprint density at radius 2 is 0.864 bits per heavy atom. The maximum Gasteiger partial charge on any atom is 0.238 e. The van der Waals surface area contributed by atoms with E-state index in [4.69, 9.17) is 26.6 Å². The summed E-state index contributed by atoms with van der Waals surface area (Å²) in [6.45, 7) is 0. The Morgan fingerprint density at radius 1 is 0.386 bits per heavy atom. The van der Waals surface area contributed by atoms with Gasteiger partial charge >= 0.3 is 0 Å². The van der Waals surface area contributed by atoms with Gasteiger partial charge in [0.2, 0.25) is 5.95 Å². The van der Waals surface area contributed by atoms with Crippen molar-refractivity contribution >= 4 is 65.7 Å². The molecule has 0 amide bonds. The lowest BCUT2D eigenvalue weighted by Crippen LogP contribution is -2.06. The number of hydrogen-bond donors (Lipinski definition) is 0. The van der Waals surface area contributed by atoms with E-state index in [1.54, 1.807) is 0 Å². The normalized spacial score (nSPS) is 11.8. The van der Waals surface area contributed by atoms with Gasteiger partial charge in [-0.2, -0.15) is 9.97 Å². The van der Waals surface area contributed by atoms with E-state index < -0.39 is 0 Å². The summed E-state index contributed by atoms with van der Waals surface area (Å²) in [4.78, 5) is 15.2. The topological polar surface area (TPSA) is 43.6 Å². The summed E-state index contributed by atoms with van der Waals surface area (Å²) >= 11 is 6.44. The van der Waals surface area contributed by atoms with Crippen molar-refractivity contribution < 1.29 is 0 Å². The van der Waals surface area contributed by atoms with Gasteiger partial charge in [0, 0.05) is 26.9 Å². The molecule has 0 fully saturated rings. The van der Waals surface area contributed by atoms with Gasteiger partial charge in [0.1, 0.15) is 0 Å². The molecule has 0 saturated heterocycles. The number of para-hydroxylation sites is 2. The molecule has 0 radical (unpaired) electrons. The molecule has 7 aromatic carbocycles. The molecule has 5 heteroatoms. The summed E-state index contributed by atoms with van der Waals surface area (Å²) in [5.41, 5.74) is 3.84. The summed E-state index contributed by atoms with van der Waals surface area (Å²) in [5, 5.41) is 10.2. The molecule has 0 spiro atoms. The quantitative estimate of drug-likeness (QED) is 0.195. The lowest BCUT2D eigenvalue weighted by atomic mass is 9.93. The van der Waals surface area contributed by atoms with Gasteiger partial charge in [-0.3, -0.25) is 4.57 Å². The molecular formula is C39H23ClN4. The summed E-state index contributed by atoms with van der Waals surface area (Å²) in [5.74, 6) is 1.73. The molecule has 0 aliphatic rings. The molecule has 2 aromatic heterocycles. The fourth-order valence-corrected chi connectivity index (χ4v) is 6.73. The van der Waals surface area contributed by atoms with Crippen LogP contribution in [0.5, 0.6) is 0 Å². The van der Waals surface area contributed by atoms with Crippen LogP contribution in [0.2, 0.25) is 5.02 Å². The average molecular weight is 583 g/mol. The molecule has 0 bridgehead atoms. The Labute approximate surface area is 257 Å². The largest absolute Gasteiger partial charge is 0.278 e. The monoisotopic (exact) mass is 582 g/mol. The second-order valence-electron chi connectivity index (χ2n) is 11.0. The molecule has 9 rings (SSSR count). The molecule has 4 nitrogen and oxygen atoms in total. The Kier molecular flexibility index (Phi) is 5.52. The van der Waals surface area contributed by atoms with E-state index in [0.717, 1.165) is 32.9 Å². The van der Waals surface area contributed by atoms with Crippen LogP contribution in [0.3, 0.4) is 0 Å². The van der Waals surface area contributed by atoms with Gasteiger partial charge in [0.25, 0.3) is 0 Å². The van der Waals surface area contributed by atoms with Crippen LogP contribution >= 0.6 is 11.6 Å². The lowest BCUT2D eigenvalue weighted by molar-refractivity contribution is 0.953. The fraction of sp³-hybridized carbons (Fsp3) is 0. The van der Waals surface area contributed by atoms with Crippen LogP contribution < -0.4 is 0 Å². The van der Waals surface area contributed by atoms with E-state index in [1.165, 1.54) is 32.3 Å². The van der Waals surface area contributed by atoms with Crippen LogP contribution in [0.1, 0.15) is 0 Å². The zero-order valence-electron chi connectivity index (χ0n) is 23.4. The first-order valence-electron chi connectivity index (χ1n) is 14.6. The van der Waals surface area contributed by atoms with Crippen LogP contribution in [0, 0.1) is 0 Å². The SMILES string of the molecule is Clc1cccc(-c2nc(-c3ccc4c5ccccc5c5ccccc5c4c3)nc(-n3c4ccccc4c4ccccc43)n2)c1. The van der Waals surface area contributed by atoms with Crippen LogP contribution in [-0.2, 0) is 0 Å². The zero-order chi connectivity index (χ0) is 29.2. The van der Waals surface area contributed by atoms with Crippen molar-refractivity contribution in [2.75, 3.05) is 0 Å². The number of nitrogens with zero attached hydrogens (tertiary/aromatic N) is 4. The zero-order valence-corrected chi connectivity index (χ0v) is 24.2. The third-order valence-electron chi connectivity index (χ3n) is 8.49. The van der Waals surface area contributed by atoms with Crippen molar-refractivity contribution in [1.29, 1.82) is 0 Å². The van der Waals surface area contributed by atoms with Gasteiger partial charge < -0.3 is 0 Å². The van der Waals surface area contributed by atoms with E-state index in [1.807, 2.05) is 24.3 Å². The minimum Gasteiger partial charge on any atom is -0.278 e.